The number of phenols is 1. The lowest BCUT2D eigenvalue weighted by Gasteiger charge is -2.43. The van der Waals surface area contributed by atoms with Crippen LogP contribution < -0.4 is 4.74 Å². The second kappa shape index (κ2) is 14.1. The Balaban J connectivity index is 1.90. The molecule has 1 heterocycles. The molecule has 1 fully saturated rings. The molecule has 41 heavy (non-hydrogen) atoms. The van der Waals surface area contributed by atoms with E-state index in [2.05, 4.69) is 15.9 Å². The van der Waals surface area contributed by atoms with Gasteiger partial charge in [0.25, 0.3) is 0 Å². The molecule has 0 aromatic heterocycles. The molecular formula is C28H29BrO12. The van der Waals surface area contributed by atoms with Crippen molar-refractivity contribution in [3.8, 4) is 11.5 Å². The van der Waals surface area contributed by atoms with E-state index >= 15 is 0 Å². The summed E-state index contributed by atoms with van der Waals surface area (Å²) in [5.74, 6) is -3.73. The predicted octanol–water partition coefficient (Wildman–Crippen LogP) is 3.04. The largest absolute Gasteiger partial charge is 0.507 e. The molecule has 1 N–H and O–H groups in total. The number of carbonyl (C=O) groups is 5. The van der Waals surface area contributed by atoms with Gasteiger partial charge < -0.3 is 33.5 Å². The summed E-state index contributed by atoms with van der Waals surface area (Å²) in [6, 6.07) is 11.1. The molecule has 220 valence electrons. The summed E-state index contributed by atoms with van der Waals surface area (Å²) in [6.07, 6.45) is -6.86. The number of ether oxygens (including phenoxy) is 6. The Hall–Kier alpha value is -3.97. The van der Waals surface area contributed by atoms with Gasteiger partial charge in [0.1, 0.15) is 24.2 Å². The standard InChI is InChI=1S/C28H29BrO12/c1-14(30)36-13-24-25(37-15(2)31)26(38-16(3)32)27(39-17(4)33)28(41-24)40-20-9-10-21(23(35)12-20)22(34)11-18-5-7-19(29)8-6-18/h5-10,12,24-28,35H,11,13H2,1-4H3/t24-,25+,26-,27+,28+/m0/s1. The zero-order valence-corrected chi connectivity index (χ0v) is 24.2. The van der Waals surface area contributed by atoms with E-state index in [0.29, 0.717) is 0 Å². The van der Waals surface area contributed by atoms with Gasteiger partial charge in [-0.15, -0.1) is 0 Å². The summed E-state index contributed by atoms with van der Waals surface area (Å²) >= 11 is 3.34. The molecule has 0 amide bonds. The first kappa shape index (κ1) is 31.6. The number of esters is 4. The van der Waals surface area contributed by atoms with Crippen molar-refractivity contribution in [1.29, 1.82) is 0 Å². The lowest BCUT2D eigenvalue weighted by Crippen LogP contribution is -2.63. The van der Waals surface area contributed by atoms with Gasteiger partial charge >= 0.3 is 23.9 Å². The smallest absolute Gasteiger partial charge is 0.303 e. The summed E-state index contributed by atoms with van der Waals surface area (Å²) in [5, 5.41) is 10.6. The van der Waals surface area contributed by atoms with Crippen molar-refractivity contribution in [2.45, 2.75) is 64.8 Å². The molecule has 0 unspecified atom stereocenters. The molecule has 12 nitrogen and oxygen atoms in total. The van der Waals surface area contributed by atoms with Gasteiger partial charge in [-0.05, 0) is 29.8 Å². The fourth-order valence-electron chi connectivity index (χ4n) is 4.12. The molecular weight excluding hydrogens is 608 g/mol. The van der Waals surface area contributed by atoms with E-state index in [9.17, 15) is 29.1 Å². The third kappa shape index (κ3) is 9.02. The predicted molar refractivity (Wildman–Crippen MR) is 143 cm³/mol. The average Bonchev–Trinajstić information content (AvgIpc) is 2.87. The minimum absolute atomic E-state index is 0.00333. The number of halogens is 1. The van der Waals surface area contributed by atoms with Crippen molar-refractivity contribution in [3.63, 3.8) is 0 Å². The number of aromatic hydroxyl groups is 1. The SMILES string of the molecule is CC(=O)OC[C@@H]1O[C@@H](Oc2ccc(C(=O)Cc3ccc(Br)cc3)c(O)c2)[C@H](OC(C)=O)[C@@H](OC(C)=O)[C@@H]1OC(C)=O. The third-order valence-corrected chi connectivity index (χ3v) is 6.28. The molecule has 2 aromatic carbocycles. The van der Waals surface area contributed by atoms with Gasteiger partial charge in [-0.2, -0.15) is 0 Å². The highest BCUT2D eigenvalue weighted by Gasteiger charge is 2.53. The summed E-state index contributed by atoms with van der Waals surface area (Å²) < 4.78 is 33.7. The maximum Gasteiger partial charge on any atom is 0.303 e. The molecule has 1 saturated heterocycles. The first-order valence-electron chi connectivity index (χ1n) is 12.4. The van der Waals surface area contributed by atoms with E-state index in [4.69, 9.17) is 28.4 Å². The van der Waals surface area contributed by atoms with Gasteiger partial charge in [0.15, 0.2) is 18.0 Å². The molecule has 1 aliphatic heterocycles. The highest BCUT2D eigenvalue weighted by molar-refractivity contribution is 9.10. The Labute approximate surface area is 243 Å². The Morgan fingerprint density at radius 1 is 0.805 bits per heavy atom. The lowest BCUT2D eigenvalue weighted by molar-refractivity contribution is -0.288. The molecule has 0 radical (unpaired) electrons. The number of rotatable bonds is 10. The normalized spacial score (nSPS) is 21.7. The minimum atomic E-state index is -1.49. The van der Waals surface area contributed by atoms with Crippen LogP contribution in [0.2, 0.25) is 0 Å². The topological polar surface area (TPSA) is 161 Å². The Kier molecular flexibility index (Phi) is 10.8. The number of carbonyl (C=O) groups excluding carboxylic acids is 5. The minimum Gasteiger partial charge on any atom is -0.507 e. The number of hydrogen-bond acceptors (Lipinski definition) is 12. The van der Waals surface area contributed by atoms with Crippen LogP contribution in [-0.2, 0) is 49.3 Å². The molecule has 2 aromatic rings. The van der Waals surface area contributed by atoms with Crippen LogP contribution in [0, 0.1) is 0 Å². The fourth-order valence-corrected chi connectivity index (χ4v) is 4.39. The maximum atomic E-state index is 12.8. The molecule has 3 rings (SSSR count). The van der Waals surface area contributed by atoms with Crippen molar-refractivity contribution in [2.75, 3.05) is 6.61 Å². The highest BCUT2D eigenvalue weighted by Crippen LogP contribution is 2.33. The van der Waals surface area contributed by atoms with Crippen LogP contribution in [0.3, 0.4) is 0 Å². The van der Waals surface area contributed by atoms with E-state index in [1.165, 1.54) is 18.2 Å². The van der Waals surface area contributed by atoms with Crippen LogP contribution in [-0.4, -0.2) is 72.1 Å². The van der Waals surface area contributed by atoms with Crippen molar-refractivity contribution in [1.82, 2.24) is 0 Å². The number of Topliss-reactive ketones (excluding diaryl/α,β-unsaturated/α-hetero) is 1. The van der Waals surface area contributed by atoms with Crippen LogP contribution in [0.4, 0.5) is 0 Å². The quantitative estimate of drug-likeness (QED) is 0.231. The number of phenolic OH excluding ortho intramolecular Hbond substituents is 1. The molecule has 13 heteroatoms. The summed E-state index contributed by atoms with van der Waals surface area (Å²) in [4.78, 5) is 60.1. The van der Waals surface area contributed by atoms with Crippen LogP contribution in [0.15, 0.2) is 46.9 Å². The van der Waals surface area contributed by atoms with Crippen molar-refractivity contribution in [3.05, 3.63) is 58.1 Å². The van der Waals surface area contributed by atoms with Gasteiger partial charge in [0.2, 0.25) is 12.4 Å². The second-order valence-electron chi connectivity index (χ2n) is 9.09. The monoisotopic (exact) mass is 636 g/mol. The van der Waals surface area contributed by atoms with E-state index in [-0.39, 0.29) is 29.3 Å². The first-order chi connectivity index (χ1) is 19.3. The van der Waals surface area contributed by atoms with E-state index < -0.39 is 61.2 Å². The van der Waals surface area contributed by atoms with Gasteiger partial charge in [-0.25, -0.2) is 0 Å². The zero-order chi connectivity index (χ0) is 30.3. The van der Waals surface area contributed by atoms with Gasteiger partial charge in [0, 0.05) is 44.7 Å². The third-order valence-electron chi connectivity index (χ3n) is 5.75. The Bertz CT molecular complexity index is 1290. The number of benzene rings is 2. The molecule has 0 saturated carbocycles. The molecule has 0 aliphatic carbocycles. The Morgan fingerprint density at radius 3 is 1.95 bits per heavy atom. The zero-order valence-electron chi connectivity index (χ0n) is 22.7. The van der Waals surface area contributed by atoms with Gasteiger partial charge in [-0.1, -0.05) is 28.1 Å². The number of hydrogen-bond donors (Lipinski definition) is 1. The van der Waals surface area contributed by atoms with E-state index in [1.807, 2.05) is 0 Å². The summed E-state index contributed by atoms with van der Waals surface area (Å²) in [7, 11) is 0. The maximum absolute atomic E-state index is 12.8. The summed E-state index contributed by atoms with van der Waals surface area (Å²) in [6.45, 7) is 4.05. The van der Waals surface area contributed by atoms with Crippen molar-refractivity contribution >= 4 is 45.6 Å². The van der Waals surface area contributed by atoms with Gasteiger partial charge in [0.05, 0.1) is 5.56 Å². The van der Waals surface area contributed by atoms with Gasteiger partial charge in [-0.3, -0.25) is 24.0 Å². The van der Waals surface area contributed by atoms with E-state index in [1.54, 1.807) is 24.3 Å². The van der Waals surface area contributed by atoms with Crippen LogP contribution in [0.5, 0.6) is 11.5 Å². The molecule has 0 bridgehead atoms. The molecule has 0 spiro atoms. The van der Waals surface area contributed by atoms with Crippen molar-refractivity contribution < 1.29 is 57.5 Å². The highest BCUT2D eigenvalue weighted by atomic mass is 79.9. The first-order valence-corrected chi connectivity index (χ1v) is 13.2. The Morgan fingerprint density at radius 2 is 1.39 bits per heavy atom. The second-order valence-corrected chi connectivity index (χ2v) is 10.0. The lowest BCUT2D eigenvalue weighted by atomic mass is 9.98. The van der Waals surface area contributed by atoms with Crippen LogP contribution in [0.1, 0.15) is 43.6 Å². The average molecular weight is 637 g/mol. The fraction of sp³-hybridized carbons (Fsp3) is 0.393. The van der Waals surface area contributed by atoms with Crippen LogP contribution >= 0.6 is 15.9 Å². The molecule has 5 atom stereocenters. The van der Waals surface area contributed by atoms with E-state index in [0.717, 1.165) is 37.7 Å². The summed E-state index contributed by atoms with van der Waals surface area (Å²) in [5.41, 5.74) is 0.789. The van der Waals surface area contributed by atoms with Crippen molar-refractivity contribution in [2.24, 2.45) is 0 Å². The van der Waals surface area contributed by atoms with Crippen LogP contribution in [0.25, 0.3) is 0 Å². The molecule has 1 aliphatic rings. The number of ketones is 1.